The molecule has 220 valence electrons. The number of hydrogen-bond acceptors (Lipinski definition) is 4. The van der Waals surface area contributed by atoms with Gasteiger partial charge in [0.1, 0.15) is 0 Å². The maximum absolute atomic E-state index is 10.6. The highest BCUT2D eigenvalue weighted by atomic mass is 16.4. The summed E-state index contributed by atoms with van der Waals surface area (Å²) in [5.41, 5.74) is 3.18. The summed E-state index contributed by atoms with van der Waals surface area (Å²) in [6.07, 6.45) is 11.0. The third-order valence-corrected chi connectivity index (χ3v) is 6.84. The van der Waals surface area contributed by atoms with E-state index in [1.54, 1.807) is 24.3 Å². The molecule has 39 heavy (non-hydrogen) atoms. The van der Waals surface area contributed by atoms with E-state index in [0.29, 0.717) is 11.1 Å². The Labute approximate surface area is 236 Å². The Kier molecular flexibility index (Phi) is 20.6. The Hall–Kier alpha value is -2.70. The van der Waals surface area contributed by atoms with Crippen LogP contribution in [0.3, 0.4) is 0 Å². The molecule has 0 aromatic heterocycles. The van der Waals surface area contributed by atoms with Crippen LogP contribution in [0.25, 0.3) is 0 Å². The van der Waals surface area contributed by atoms with E-state index in [9.17, 15) is 19.8 Å². The molecule has 2 aromatic rings. The van der Waals surface area contributed by atoms with Crippen LogP contribution in [-0.2, 0) is 12.8 Å². The van der Waals surface area contributed by atoms with E-state index in [4.69, 9.17) is 10.2 Å². The SMILES string of the molecule is CCC(O)C(CC)C(O)CC.CCCCCc1ccc(C(=O)O)cc1.CCCCCc1ccc(C(=O)O)cc1. The molecule has 0 fully saturated rings. The van der Waals surface area contributed by atoms with Crippen LogP contribution in [0.4, 0.5) is 0 Å². The third kappa shape index (κ3) is 16.1. The minimum atomic E-state index is -0.856. The molecule has 0 saturated carbocycles. The van der Waals surface area contributed by atoms with E-state index < -0.39 is 11.9 Å². The number of carboxylic acid groups (broad SMARTS) is 2. The number of aliphatic hydroxyl groups is 2. The second-order valence-electron chi connectivity index (χ2n) is 9.94. The van der Waals surface area contributed by atoms with Crippen LogP contribution in [0, 0.1) is 5.92 Å². The molecule has 0 amide bonds. The van der Waals surface area contributed by atoms with Gasteiger partial charge in [0, 0.05) is 5.92 Å². The molecule has 0 saturated heterocycles. The van der Waals surface area contributed by atoms with Gasteiger partial charge in [-0.15, -0.1) is 0 Å². The molecule has 4 N–H and O–H groups in total. The average molecular weight is 545 g/mol. The average Bonchev–Trinajstić information content (AvgIpc) is 2.94. The van der Waals surface area contributed by atoms with Gasteiger partial charge in [-0.2, -0.15) is 0 Å². The highest BCUT2D eigenvalue weighted by Gasteiger charge is 2.22. The van der Waals surface area contributed by atoms with E-state index in [-0.39, 0.29) is 18.1 Å². The highest BCUT2D eigenvalue weighted by Crippen LogP contribution is 2.18. The van der Waals surface area contributed by atoms with Gasteiger partial charge in [-0.25, -0.2) is 9.59 Å². The van der Waals surface area contributed by atoms with Gasteiger partial charge in [-0.1, -0.05) is 84.6 Å². The molecule has 6 heteroatoms. The first kappa shape index (κ1) is 36.3. The third-order valence-electron chi connectivity index (χ3n) is 6.84. The van der Waals surface area contributed by atoms with Crippen LogP contribution in [0.15, 0.2) is 48.5 Å². The monoisotopic (exact) mass is 544 g/mol. The molecule has 0 spiro atoms. The number of aliphatic hydroxyl groups excluding tert-OH is 2. The van der Waals surface area contributed by atoms with Crippen LogP contribution in [0.5, 0.6) is 0 Å². The Morgan fingerprint density at radius 3 is 1.13 bits per heavy atom. The summed E-state index contributed by atoms with van der Waals surface area (Å²) in [5.74, 6) is -1.65. The maximum Gasteiger partial charge on any atom is 0.335 e. The van der Waals surface area contributed by atoms with E-state index in [1.165, 1.54) is 49.7 Å². The van der Waals surface area contributed by atoms with Crippen LogP contribution < -0.4 is 0 Å². The first-order valence-corrected chi connectivity index (χ1v) is 14.6. The van der Waals surface area contributed by atoms with Gasteiger partial charge in [0.25, 0.3) is 0 Å². The predicted octanol–water partition coefficient (Wildman–Crippen LogP) is 7.79. The van der Waals surface area contributed by atoms with Crippen molar-refractivity contribution in [2.45, 2.75) is 117 Å². The quantitative estimate of drug-likeness (QED) is 0.170. The van der Waals surface area contributed by atoms with Gasteiger partial charge in [0.05, 0.1) is 23.3 Å². The molecule has 2 aromatic carbocycles. The van der Waals surface area contributed by atoms with E-state index in [2.05, 4.69) is 13.8 Å². The summed E-state index contributed by atoms with van der Waals surface area (Å²) in [6, 6.07) is 14.3. The fourth-order valence-corrected chi connectivity index (χ4v) is 4.19. The molecular weight excluding hydrogens is 492 g/mol. The van der Waals surface area contributed by atoms with Crippen molar-refractivity contribution in [1.82, 2.24) is 0 Å². The van der Waals surface area contributed by atoms with Gasteiger partial charge in [0.15, 0.2) is 0 Å². The Balaban J connectivity index is 0.000000561. The number of benzene rings is 2. The zero-order valence-corrected chi connectivity index (χ0v) is 24.7. The smallest absolute Gasteiger partial charge is 0.335 e. The number of carboxylic acids is 2. The van der Waals surface area contributed by atoms with E-state index >= 15 is 0 Å². The largest absolute Gasteiger partial charge is 0.478 e. The highest BCUT2D eigenvalue weighted by molar-refractivity contribution is 5.87. The van der Waals surface area contributed by atoms with Crippen molar-refractivity contribution in [3.8, 4) is 0 Å². The summed E-state index contributed by atoms with van der Waals surface area (Å²) in [7, 11) is 0. The van der Waals surface area contributed by atoms with Crippen molar-refractivity contribution in [1.29, 1.82) is 0 Å². The standard InChI is InChI=1S/2C12H16O2.C9H20O2/c2*1-2-3-4-5-10-6-8-11(9-7-10)12(13)14;1-4-7(8(10)5-2)9(11)6-3/h2*6-9H,2-5H2,1H3,(H,13,14);7-11H,4-6H2,1-3H3. The molecule has 2 rings (SSSR count). The maximum atomic E-state index is 10.6. The van der Waals surface area contributed by atoms with E-state index in [1.807, 2.05) is 45.0 Å². The summed E-state index contributed by atoms with van der Waals surface area (Å²) >= 11 is 0. The van der Waals surface area contributed by atoms with Crippen LogP contribution in [0.2, 0.25) is 0 Å². The first-order chi connectivity index (χ1) is 18.6. The molecule has 0 aliphatic carbocycles. The number of unbranched alkanes of at least 4 members (excludes halogenated alkanes) is 4. The summed E-state index contributed by atoms with van der Waals surface area (Å²) in [6.45, 7) is 10.2. The molecule has 6 nitrogen and oxygen atoms in total. The summed E-state index contributed by atoms with van der Waals surface area (Å²) in [5, 5.41) is 36.3. The number of rotatable bonds is 15. The molecule has 0 radical (unpaired) electrons. The number of hydrogen-bond donors (Lipinski definition) is 4. The van der Waals surface area contributed by atoms with Crippen LogP contribution in [0.1, 0.15) is 124 Å². The normalized spacial score (nSPS) is 12.7. The molecule has 2 atom stereocenters. The lowest BCUT2D eigenvalue weighted by Crippen LogP contribution is -2.30. The Morgan fingerprint density at radius 2 is 0.897 bits per heavy atom. The lowest BCUT2D eigenvalue weighted by atomic mass is 9.90. The van der Waals surface area contributed by atoms with E-state index in [0.717, 1.165) is 32.1 Å². The zero-order chi connectivity index (χ0) is 29.6. The fraction of sp³-hybridized carbons (Fsp3) is 0.576. The van der Waals surface area contributed by atoms with Crippen LogP contribution >= 0.6 is 0 Å². The first-order valence-electron chi connectivity index (χ1n) is 14.6. The zero-order valence-electron chi connectivity index (χ0n) is 24.7. The molecule has 0 heterocycles. The minimum Gasteiger partial charge on any atom is -0.478 e. The molecule has 0 aliphatic heterocycles. The topological polar surface area (TPSA) is 115 Å². The van der Waals surface area contributed by atoms with Gasteiger partial charge >= 0.3 is 11.9 Å². The van der Waals surface area contributed by atoms with Crippen molar-refractivity contribution in [3.63, 3.8) is 0 Å². The number of aromatic carboxylic acids is 2. The second kappa shape index (κ2) is 22.2. The summed E-state index contributed by atoms with van der Waals surface area (Å²) < 4.78 is 0. The minimum absolute atomic E-state index is 0.0602. The lowest BCUT2D eigenvalue weighted by Gasteiger charge is -2.24. The lowest BCUT2D eigenvalue weighted by molar-refractivity contribution is 0.00713. The number of carbonyl (C=O) groups is 2. The van der Waals surface area contributed by atoms with Gasteiger partial charge in [-0.3, -0.25) is 0 Å². The van der Waals surface area contributed by atoms with Crippen molar-refractivity contribution >= 4 is 11.9 Å². The van der Waals surface area contributed by atoms with Gasteiger partial charge < -0.3 is 20.4 Å². The molecule has 0 bridgehead atoms. The van der Waals surface area contributed by atoms with Crippen LogP contribution in [-0.4, -0.2) is 44.6 Å². The Morgan fingerprint density at radius 1 is 0.564 bits per heavy atom. The van der Waals surface area contributed by atoms with Gasteiger partial charge in [0.2, 0.25) is 0 Å². The van der Waals surface area contributed by atoms with Crippen molar-refractivity contribution < 1.29 is 30.0 Å². The van der Waals surface area contributed by atoms with Crippen molar-refractivity contribution in [3.05, 3.63) is 70.8 Å². The summed E-state index contributed by atoms with van der Waals surface area (Å²) in [4.78, 5) is 21.1. The molecule has 0 aliphatic rings. The number of aryl methyl sites for hydroxylation is 2. The van der Waals surface area contributed by atoms with Crippen molar-refractivity contribution in [2.75, 3.05) is 0 Å². The fourth-order valence-electron chi connectivity index (χ4n) is 4.19. The van der Waals surface area contributed by atoms with Gasteiger partial charge in [-0.05, 0) is 80.3 Å². The molecular formula is C33H52O6. The Bertz CT molecular complexity index is 818. The second-order valence-corrected chi connectivity index (χ2v) is 9.94. The van der Waals surface area contributed by atoms with Crippen molar-refractivity contribution in [2.24, 2.45) is 5.92 Å². The predicted molar refractivity (Wildman–Crippen MR) is 160 cm³/mol. The molecule has 2 unspecified atom stereocenters.